The Morgan fingerprint density at radius 1 is 1.00 bits per heavy atom. The van der Waals surface area contributed by atoms with E-state index in [9.17, 15) is 0 Å². The van der Waals surface area contributed by atoms with Gasteiger partial charge in [-0.3, -0.25) is 0 Å². The van der Waals surface area contributed by atoms with Crippen LogP contribution in [-0.2, 0) is 47.9 Å². The number of rotatable bonds is 0. The molecule has 0 radical (unpaired) electrons. The van der Waals surface area contributed by atoms with Crippen molar-refractivity contribution in [3.63, 3.8) is 0 Å². The second-order valence-corrected chi connectivity index (χ2v) is 1.10. The molecule has 0 atom stereocenters. The van der Waals surface area contributed by atoms with Crippen LogP contribution >= 0.6 is 0 Å². The van der Waals surface area contributed by atoms with Crippen LogP contribution in [-0.4, -0.2) is 0 Å². The van der Waals surface area contributed by atoms with Crippen molar-refractivity contribution in [3.8, 4) is 0 Å². The SMILES string of the molecule is [O]=[Cr](=[O])=[O].[O]=[Mn]=[O]. The quantitative estimate of drug-likeness (QED) is 0.472. The van der Waals surface area contributed by atoms with E-state index in [1.807, 2.05) is 0 Å². The van der Waals surface area contributed by atoms with E-state index in [4.69, 9.17) is 19.1 Å². The van der Waals surface area contributed by atoms with Crippen LogP contribution < -0.4 is 0 Å². The van der Waals surface area contributed by atoms with Gasteiger partial charge in [0.2, 0.25) is 0 Å². The van der Waals surface area contributed by atoms with Crippen molar-refractivity contribution < 1.29 is 47.9 Å². The molecule has 0 aromatic carbocycles. The molecule has 7 heavy (non-hydrogen) atoms. The number of hydrogen-bond donors (Lipinski definition) is 0. The average Bonchev–Trinajstić information content (AvgIpc) is 1.33. The molecule has 0 aromatic rings. The first-order chi connectivity index (χ1) is 3.15. The van der Waals surface area contributed by atoms with Crippen molar-refractivity contribution in [2.24, 2.45) is 0 Å². The van der Waals surface area contributed by atoms with Gasteiger partial charge in [-0.05, 0) is 0 Å². The molecule has 0 saturated heterocycles. The molecular formula is CrMnO5. The van der Waals surface area contributed by atoms with Gasteiger partial charge in [0.15, 0.2) is 0 Å². The maximum absolute atomic E-state index is 8.54. The molecule has 0 aromatic heterocycles. The molecule has 0 bridgehead atoms. The molecule has 5 nitrogen and oxygen atoms in total. The summed E-state index contributed by atoms with van der Waals surface area (Å²) in [6, 6.07) is 0. The molecule has 0 saturated carbocycles. The van der Waals surface area contributed by atoms with Crippen LogP contribution in [0.4, 0.5) is 0 Å². The summed E-state index contributed by atoms with van der Waals surface area (Å²) >= 11 is -5.23. The third-order valence-corrected chi connectivity index (χ3v) is 0. The molecule has 43 valence electrons. The molecule has 0 amide bonds. The van der Waals surface area contributed by atoms with E-state index in [1.165, 1.54) is 0 Å². The summed E-state index contributed by atoms with van der Waals surface area (Å²) < 4.78 is 42.4. The Bertz CT molecular complexity index is 135. The first kappa shape index (κ1) is 10.1. The van der Waals surface area contributed by atoms with Crippen LogP contribution in [0.2, 0.25) is 0 Å². The van der Waals surface area contributed by atoms with E-state index in [0.717, 1.165) is 0 Å². The van der Waals surface area contributed by atoms with Crippen molar-refractivity contribution in [2.45, 2.75) is 0 Å². The van der Waals surface area contributed by atoms with Crippen LogP contribution in [0.3, 0.4) is 0 Å². The normalized spacial score (nSPS) is 5.14. The Kier molecular flexibility index (Phi) is 13.6. The molecular weight excluding hydrogens is 187 g/mol. The number of hydrogen-bond acceptors (Lipinski definition) is 5. The minimum atomic E-state index is -3.79. The summed E-state index contributed by atoms with van der Waals surface area (Å²) in [5.74, 6) is 0. The predicted octanol–water partition coefficient (Wildman–Crippen LogP) is -0.599. The zero-order chi connectivity index (χ0) is 6.28. The van der Waals surface area contributed by atoms with Gasteiger partial charge in [0.05, 0.1) is 0 Å². The van der Waals surface area contributed by atoms with Crippen molar-refractivity contribution >= 4 is 0 Å². The van der Waals surface area contributed by atoms with Crippen LogP contribution in [0.15, 0.2) is 0 Å². The molecule has 0 unspecified atom stereocenters. The van der Waals surface area contributed by atoms with Gasteiger partial charge in [0, 0.05) is 0 Å². The van der Waals surface area contributed by atoms with Crippen molar-refractivity contribution in [1.82, 2.24) is 0 Å². The molecule has 0 aliphatic rings. The summed E-state index contributed by atoms with van der Waals surface area (Å²) in [4.78, 5) is 0. The Morgan fingerprint density at radius 3 is 1.00 bits per heavy atom. The van der Waals surface area contributed by atoms with Crippen LogP contribution in [0.1, 0.15) is 0 Å². The van der Waals surface area contributed by atoms with E-state index in [2.05, 4.69) is 0 Å². The molecule has 0 N–H and O–H groups in total. The Morgan fingerprint density at radius 2 is 1.00 bits per heavy atom. The third kappa shape index (κ3) is 36800. The van der Waals surface area contributed by atoms with E-state index < -0.39 is 28.8 Å². The van der Waals surface area contributed by atoms with E-state index in [-0.39, 0.29) is 0 Å². The second kappa shape index (κ2) is 9.41. The summed E-state index contributed by atoms with van der Waals surface area (Å²) in [5.41, 5.74) is 0. The summed E-state index contributed by atoms with van der Waals surface area (Å²) in [6.07, 6.45) is 0. The average molecular weight is 187 g/mol. The Balaban J connectivity index is 0. The second-order valence-electron chi connectivity index (χ2n) is 0.267. The minimum absolute atomic E-state index is 1.44. The van der Waals surface area contributed by atoms with Crippen molar-refractivity contribution in [3.05, 3.63) is 0 Å². The molecule has 7 heteroatoms. The zero-order valence-electron chi connectivity index (χ0n) is 2.83. The van der Waals surface area contributed by atoms with Crippen molar-refractivity contribution in [1.29, 1.82) is 0 Å². The van der Waals surface area contributed by atoms with Gasteiger partial charge >= 0.3 is 47.9 Å². The van der Waals surface area contributed by atoms with Gasteiger partial charge in [0.25, 0.3) is 0 Å². The topological polar surface area (TPSA) is 85.3 Å². The van der Waals surface area contributed by atoms with Gasteiger partial charge < -0.3 is 0 Å². The van der Waals surface area contributed by atoms with Crippen molar-refractivity contribution in [2.75, 3.05) is 0 Å². The maximum atomic E-state index is 8.54. The van der Waals surface area contributed by atoms with Gasteiger partial charge in [-0.25, -0.2) is 0 Å². The van der Waals surface area contributed by atoms with E-state index >= 15 is 0 Å². The fourth-order valence-electron chi connectivity index (χ4n) is 0. The van der Waals surface area contributed by atoms with Crippen LogP contribution in [0.25, 0.3) is 0 Å². The predicted molar refractivity (Wildman–Crippen MR) is 3.43 cm³/mol. The molecule has 0 aliphatic heterocycles. The standard InChI is InChI=1S/Cr.Mn.5O. The van der Waals surface area contributed by atoms with Crippen LogP contribution in [0, 0.1) is 0 Å². The monoisotopic (exact) mass is 187 g/mol. The summed E-state index contributed by atoms with van der Waals surface area (Å²) in [6.45, 7) is 0. The fourth-order valence-corrected chi connectivity index (χ4v) is 0. The molecule has 0 aliphatic carbocycles. The van der Waals surface area contributed by atoms with Crippen LogP contribution in [0.5, 0.6) is 0 Å². The van der Waals surface area contributed by atoms with E-state index in [0.29, 0.717) is 0 Å². The molecule has 0 spiro atoms. The Hall–Kier alpha value is 0.0519. The molecule has 0 fully saturated rings. The fraction of sp³-hybridized carbons (Fsp3) is 0. The molecule has 0 rings (SSSR count). The van der Waals surface area contributed by atoms with E-state index in [1.54, 1.807) is 0 Å². The first-order valence-electron chi connectivity index (χ1n) is 0.809. The first-order valence-corrected chi connectivity index (χ1v) is 3.33. The summed E-state index contributed by atoms with van der Waals surface area (Å²) in [7, 11) is 0. The van der Waals surface area contributed by atoms with Gasteiger partial charge in [-0.1, -0.05) is 0 Å². The molecule has 0 heterocycles. The Labute approximate surface area is 48.3 Å². The van der Waals surface area contributed by atoms with Gasteiger partial charge in [0.1, 0.15) is 0 Å². The zero-order valence-corrected chi connectivity index (χ0v) is 5.28. The van der Waals surface area contributed by atoms with Gasteiger partial charge in [-0.2, -0.15) is 0 Å². The third-order valence-electron chi connectivity index (χ3n) is 0. The van der Waals surface area contributed by atoms with Gasteiger partial charge in [-0.15, -0.1) is 0 Å². The summed E-state index contributed by atoms with van der Waals surface area (Å²) in [5, 5.41) is 0.